The van der Waals surface area contributed by atoms with E-state index in [4.69, 9.17) is 4.52 Å². The van der Waals surface area contributed by atoms with Gasteiger partial charge in [0.2, 0.25) is 5.91 Å². The quantitative estimate of drug-likeness (QED) is 0.893. The van der Waals surface area contributed by atoms with E-state index in [1.807, 2.05) is 24.3 Å². The first kappa shape index (κ1) is 12.5. The predicted octanol–water partition coefficient (Wildman–Crippen LogP) is 1.94. The van der Waals surface area contributed by atoms with Gasteiger partial charge in [-0.2, -0.15) is 0 Å². The van der Waals surface area contributed by atoms with Crippen LogP contribution in [0, 0.1) is 0 Å². The number of aromatic nitrogens is 1. The summed E-state index contributed by atoms with van der Waals surface area (Å²) in [4.78, 5) is 14.1. The van der Waals surface area contributed by atoms with Gasteiger partial charge in [-0.3, -0.25) is 4.79 Å². The lowest BCUT2D eigenvalue weighted by molar-refractivity contribution is -0.115. The SMILES string of the molecule is O=C(CN1CCCNc2ccccc21)Nc1ccon1. The lowest BCUT2D eigenvalue weighted by atomic mass is 10.2. The fourth-order valence-corrected chi connectivity index (χ4v) is 2.31. The van der Waals surface area contributed by atoms with Crippen LogP contribution in [-0.2, 0) is 4.79 Å². The molecular formula is C14H16N4O2. The van der Waals surface area contributed by atoms with Crippen molar-refractivity contribution in [1.29, 1.82) is 0 Å². The van der Waals surface area contributed by atoms with Crippen molar-refractivity contribution < 1.29 is 9.32 Å². The molecule has 1 amide bonds. The average Bonchev–Trinajstić information content (AvgIpc) is 2.87. The number of carbonyl (C=O) groups excluding carboxylic acids is 1. The first-order valence-corrected chi connectivity index (χ1v) is 6.61. The zero-order valence-corrected chi connectivity index (χ0v) is 11.0. The summed E-state index contributed by atoms with van der Waals surface area (Å²) in [6.45, 7) is 2.06. The molecule has 6 nitrogen and oxygen atoms in total. The largest absolute Gasteiger partial charge is 0.383 e. The molecule has 1 aliphatic heterocycles. The lowest BCUT2D eigenvalue weighted by Gasteiger charge is -2.23. The number of amides is 1. The Kier molecular flexibility index (Phi) is 3.54. The van der Waals surface area contributed by atoms with E-state index in [1.54, 1.807) is 6.07 Å². The summed E-state index contributed by atoms with van der Waals surface area (Å²) in [6.07, 6.45) is 2.42. The number of anilines is 3. The number of hydrogen-bond acceptors (Lipinski definition) is 5. The second kappa shape index (κ2) is 5.64. The minimum absolute atomic E-state index is 0.101. The van der Waals surface area contributed by atoms with E-state index in [-0.39, 0.29) is 5.91 Å². The minimum atomic E-state index is -0.101. The minimum Gasteiger partial charge on any atom is -0.383 e. The van der Waals surface area contributed by atoms with Crippen LogP contribution in [0.4, 0.5) is 17.2 Å². The molecule has 0 aliphatic carbocycles. The Hall–Kier alpha value is -2.50. The molecular weight excluding hydrogens is 256 g/mol. The Labute approximate surface area is 116 Å². The molecule has 0 bridgehead atoms. The molecule has 0 unspecified atom stereocenters. The third-order valence-electron chi connectivity index (χ3n) is 3.20. The molecule has 3 rings (SSSR count). The first-order chi connectivity index (χ1) is 9.83. The second-order valence-corrected chi connectivity index (χ2v) is 4.65. The number of fused-ring (bicyclic) bond motifs is 1. The average molecular weight is 272 g/mol. The fraction of sp³-hybridized carbons (Fsp3) is 0.286. The van der Waals surface area contributed by atoms with E-state index in [2.05, 4.69) is 20.7 Å². The summed E-state index contributed by atoms with van der Waals surface area (Å²) in [5.74, 6) is 0.340. The topological polar surface area (TPSA) is 70.4 Å². The molecule has 104 valence electrons. The molecule has 0 atom stereocenters. The highest BCUT2D eigenvalue weighted by atomic mass is 16.5. The van der Waals surface area contributed by atoms with E-state index in [0.29, 0.717) is 12.4 Å². The van der Waals surface area contributed by atoms with Crippen molar-refractivity contribution in [2.24, 2.45) is 0 Å². The van der Waals surface area contributed by atoms with Crippen molar-refractivity contribution in [3.05, 3.63) is 36.6 Å². The van der Waals surface area contributed by atoms with Gasteiger partial charge in [-0.25, -0.2) is 0 Å². The summed E-state index contributed by atoms with van der Waals surface area (Å²) in [7, 11) is 0. The van der Waals surface area contributed by atoms with Crippen molar-refractivity contribution in [3.63, 3.8) is 0 Å². The molecule has 0 radical (unpaired) electrons. The van der Waals surface area contributed by atoms with E-state index >= 15 is 0 Å². The Morgan fingerprint density at radius 1 is 1.40 bits per heavy atom. The van der Waals surface area contributed by atoms with Crippen LogP contribution in [0.1, 0.15) is 6.42 Å². The van der Waals surface area contributed by atoms with Gasteiger partial charge in [0, 0.05) is 19.2 Å². The summed E-state index contributed by atoms with van der Waals surface area (Å²) < 4.78 is 4.69. The third-order valence-corrected chi connectivity index (χ3v) is 3.20. The number of nitrogens with zero attached hydrogens (tertiary/aromatic N) is 2. The van der Waals surface area contributed by atoms with Crippen molar-refractivity contribution in [1.82, 2.24) is 5.16 Å². The van der Waals surface area contributed by atoms with Gasteiger partial charge in [0.05, 0.1) is 17.9 Å². The van der Waals surface area contributed by atoms with Crippen LogP contribution < -0.4 is 15.5 Å². The number of rotatable bonds is 3. The Bertz CT molecular complexity index is 583. The second-order valence-electron chi connectivity index (χ2n) is 4.65. The van der Waals surface area contributed by atoms with E-state index in [9.17, 15) is 4.79 Å². The Morgan fingerprint density at radius 2 is 2.30 bits per heavy atom. The van der Waals surface area contributed by atoms with Gasteiger partial charge >= 0.3 is 0 Å². The highest BCUT2D eigenvalue weighted by molar-refractivity contribution is 5.93. The smallest absolute Gasteiger partial charge is 0.245 e. The fourth-order valence-electron chi connectivity index (χ4n) is 2.31. The number of benzene rings is 1. The first-order valence-electron chi connectivity index (χ1n) is 6.61. The molecule has 2 aromatic rings. The summed E-state index contributed by atoms with van der Waals surface area (Å²) in [5.41, 5.74) is 2.12. The van der Waals surface area contributed by atoms with Crippen LogP contribution >= 0.6 is 0 Å². The van der Waals surface area contributed by atoms with E-state index in [0.717, 1.165) is 30.9 Å². The molecule has 6 heteroatoms. The lowest BCUT2D eigenvalue weighted by Crippen LogP contribution is -2.33. The van der Waals surface area contributed by atoms with Crippen molar-refractivity contribution in [2.45, 2.75) is 6.42 Å². The zero-order valence-electron chi connectivity index (χ0n) is 11.0. The standard InChI is InChI=1S/C14H16N4O2/c19-14(16-13-6-9-20-17-13)10-18-8-3-7-15-11-4-1-2-5-12(11)18/h1-2,4-6,9,15H,3,7-8,10H2,(H,16,17,19). The molecule has 20 heavy (non-hydrogen) atoms. The number of hydrogen-bond donors (Lipinski definition) is 2. The molecule has 0 saturated carbocycles. The van der Waals surface area contributed by atoms with Gasteiger partial charge in [0.15, 0.2) is 5.82 Å². The molecule has 1 aliphatic rings. The Morgan fingerprint density at radius 3 is 3.15 bits per heavy atom. The molecule has 2 heterocycles. The normalized spacial score (nSPS) is 14.1. The monoisotopic (exact) mass is 272 g/mol. The highest BCUT2D eigenvalue weighted by Crippen LogP contribution is 2.27. The van der Waals surface area contributed by atoms with Gasteiger partial charge in [0.25, 0.3) is 0 Å². The van der Waals surface area contributed by atoms with Crippen molar-refractivity contribution in [2.75, 3.05) is 35.2 Å². The summed E-state index contributed by atoms with van der Waals surface area (Å²) in [6, 6.07) is 9.65. The van der Waals surface area contributed by atoms with E-state index < -0.39 is 0 Å². The van der Waals surface area contributed by atoms with Gasteiger partial charge in [-0.1, -0.05) is 17.3 Å². The molecule has 0 spiro atoms. The maximum absolute atomic E-state index is 12.0. The number of nitrogens with one attached hydrogen (secondary N) is 2. The van der Waals surface area contributed by atoms with Gasteiger partial charge in [-0.15, -0.1) is 0 Å². The van der Waals surface area contributed by atoms with E-state index in [1.165, 1.54) is 6.26 Å². The van der Waals surface area contributed by atoms with Crippen LogP contribution in [0.2, 0.25) is 0 Å². The number of para-hydroxylation sites is 2. The maximum atomic E-state index is 12.0. The molecule has 2 N–H and O–H groups in total. The molecule has 0 saturated heterocycles. The molecule has 1 aromatic carbocycles. The van der Waals surface area contributed by atoms with Crippen LogP contribution in [-0.4, -0.2) is 30.7 Å². The van der Waals surface area contributed by atoms with Gasteiger partial charge in [-0.05, 0) is 18.6 Å². The highest BCUT2D eigenvalue weighted by Gasteiger charge is 2.17. The molecule has 1 aromatic heterocycles. The Balaban J connectivity index is 1.72. The third kappa shape index (κ3) is 2.74. The summed E-state index contributed by atoms with van der Waals surface area (Å²) >= 11 is 0. The van der Waals surface area contributed by atoms with Crippen LogP contribution in [0.3, 0.4) is 0 Å². The maximum Gasteiger partial charge on any atom is 0.245 e. The van der Waals surface area contributed by atoms with Crippen LogP contribution in [0.15, 0.2) is 41.1 Å². The van der Waals surface area contributed by atoms with Gasteiger partial charge < -0.3 is 20.1 Å². The predicted molar refractivity (Wildman–Crippen MR) is 76.9 cm³/mol. The molecule has 0 fully saturated rings. The van der Waals surface area contributed by atoms with Crippen LogP contribution in [0.25, 0.3) is 0 Å². The van der Waals surface area contributed by atoms with Gasteiger partial charge in [0.1, 0.15) is 6.26 Å². The zero-order chi connectivity index (χ0) is 13.8. The number of carbonyl (C=O) groups is 1. The van der Waals surface area contributed by atoms with Crippen LogP contribution in [0.5, 0.6) is 0 Å². The van der Waals surface area contributed by atoms with Crippen molar-refractivity contribution >= 4 is 23.1 Å². The summed E-state index contributed by atoms with van der Waals surface area (Å²) in [5, 5.41) is 9.76. The van der Waals surface area contributed by atoms with Crippen molar-refractivity contribution in [3.8, 4) is 0 Å².